The highest BCUT2D eigenvalue weighted by atomic mass is 32.2. The maximum Gasteiger partial charge on any atom is 0.227 e. The van der Waals surface area contributed by atoms with Crippen LogP contribution < -0.4 is 10.6 Å². The third kappa shape index (κ3) is 2.02. The number of hydrogen-bond donors (Lipinski definition) is 1. The summed E-state index contributed by atoms with van der Waals surface area (Å²) >= 11 is 1.70. The summed E-state index contributed by atoms with van der Waals surface area (Å²) in [6, 6.07) is 5.86. The minimum absolute atomic E-state index is 0.186. The lowest BCUT2D eigenvalue weighted by molar-refractivity contribution is -0.118. The van der Waals surface area contributed by atoms with E-state index in [1.165, 1.54) is 5.56 Å². The van der Waals surface area contributed by atoms with E-state index in [2.05, 4.69) is 0 Å². The lowest BCUT2D eigenvalue weighted by Crippen LogP contribution is -2.29. The van der Waals surface area contributed by atoms with Crippen molar-refractivity contribution in [3.8, 4) is 0 Å². The van der Waals surface area contributed by atoms with Gasteiger partial charge in [-0.3, -0.25) is 4.79 Å². The first-order chi connectivity index (χ1) is 7.74. The molecule has 0 saturated heterocycles. The van der Waals surface area contributed by atoms with Gasteiger partial charge in [0.15, 0.2) is 0 Å². The molecule has 0 unspecified atom stereocenters. The molecule has 1 aromatic rings. The van der Waals surface area contributed by atoms with E-state index in [-0.39, 0.29) is 5.91 Å². The van der Waals surface area contributed by atoms with E-state index in [1.54, 1.807) is 11.8 Å². The average molecular weight is 236 g/mol. The van der Waals surface area contributed by atoms with Crippen LogP contribution in [0.4, 0.5) is 11.4 Å². The normalized spacial score (nSPS) is 13.9. The van der Waals surface area contributed by atoms with Crippen LogP contribution in [0, 0.1) is 0 Å². The molecule has 0 atom stereocenters. The van der Waals surface area contributed by atoms with Crippen LogP contribution in [0.15, 0.2) is 18.2 Å². The lowest BCUT2D eigenvalue weighted by atomic mass is 10.1. The molecule has 0 aromatic heterocycles. The lowest BCUT2D eigenvalue weighted by Gasteiger charge is -2.18. The van der Waals surface area contributed by atoms with Gasteiger partial charge in [-0.15, -0.1) is 0 Å². The van der Waals surface area contributed by atoms with Crippen LogP contribution in [0.3, 0.4) is 0 Å². The molecule has 0 bridgehead atoms. The zero-order valence-corrected chi connectivity index (χ0v) is 10.2. The topological polar surface area (TPSA) is 46.3 Å². The number of nitrogens with zero attached hydrogens (tertiary/aromatic N) is 1. The van der Waals surface area contributed by atoms with Gasteiger partial charge in [0.05, 0.1) is 11.4 Å². The van der Waals surface area contributed by atoms with Gasteiger partial charge in [-0.25, -0.2) is 0 Å². The summed E-state index contributed by atoms with van der Waals surface area (Å²) in [5.41, 5.74) is 8.78. The first-order valence-electron chi connectivity index (χ1n) is 5.40. The fourth-order valence-corrected chi connectivity index (χ4v) is 2.44. The number of amides is 1. The van der Waals surface area contributed by atoms with Crippen molar-refractivity contribution in [3.05, 3.63) is 23.8 Å². The molecule has 0 saturated carbocycles. The number of para-hydroxylation sites is 1. The number of rotatable bonds is 3. The molecule has 0 fully saturated rings. The summed E-state index contributed by atoms with van der Waals surface area (Å²) < 4.78 is 0. The number of benzene rings is 1. The number of carbonyl (C=O) groups is 1. The molecule has 1 aliphatic heterocycles. The van der Waals surface area contributed by atoms with Crippen molar-refractivity contribution in [2.75, 3.05) is 29.2 Å². The summed E-state index contributed by atoms with van der Waals surface area (Å²) in [7, 11) is 0. The molecule has 3 nitrogen and oxygen atoms in total. The van der Waals surface area contributed by atoms with Gasteiger partial charge in [-0.2, -0.15) is 11.8 Å². The Morgan fingerprint density at radius 3 is 3.12 bits per heavy atom. The highest BCUT2D eigenvalue weighted by Gasteiger charge is 2.25. The predicted molar refractivity (Wildman–Crippen MR) is 69.9 cm³/mol. The third-order valence-electron chi connectivity index (χ3n) is 2.85. The van der Waals surface area contributed by atoms with Crippen LogP contribution in [-0.2, 0) is 11.2 Å². The molecule has 1 aliphatic rings. The first kappa shape index (κ1) is 11.3. The number of hydrogen-bond acceptors (Lipinski definition) is 3. The van der Waals surface area contributed by atoms with Gasteiger partial charge in [0.25, 0.3) is 0 Å². The fraction of sp³-hybridized carbons (Fsp3) is 0.417. The van der Waals surface area contributed by atoms with E-state index < -0.39 is 0 Å². The van der Waals surface area contributed by atoms with Crippen molar-refractivity contribution >= 4 is 29.0 Å². The first-order valence-corrected chi connectivity index (χ1v) is 6.80. The standard InChI is InChI=1S/C12H16N2OS/c1-16-8-6-11(15)14-7-5-9-3-2-4-10(13)12(9)14/h2-4H,5-8,13H2,1H3. The van der Waals surface area contributed by atoms with Crippen molar-refractivity contribution in [1.29, 1.82) is 0 Å². The van der Waals surface area contributed by atoms with E-state index >= 15 is 0 Å². The number of fused-ring (bicyclic) bond motifs is 1. The Morgan fingerprint density at radius 2 is 2.38 bits per heavy atom. The number of carbonyl (C=O) groups excluding carboxylic acids is 1. The second-order valence-electron chi connectivity index (χ2n) is 3.89. The minimum atomic E-state index is 0.186. The molecule has 16 heavy (non-hydrogen) atoms. The zero-order valence-electron chi connectivity index (χ0n) is 9.40. The predicted octanol–water partition coefficient (Wildman–Crippen LogP) is 1.91. The third-order valence-corrected chi connectivity index (χ3v) is 3.46. The summed E-state index contributed by atoms with van der Waals surface area (Å²) in [6.45, 7) is 0.775. The van der Waals surface area contributed by atoms with E-state index in [9.17, 15) is 4.79 Å². The Bertz CT molecular complexity index is 406. The highest BCUT2D eigenvalue weighted by molar-refractivity contribution is 7.98. The Hall–Kier alpha value is -1.16. The maximum atomic E-state index is 12.0. The molecule has 86 valence electrons. The molecule has 1 aromatic carbocycles. The van der Waals surface area contributed by atoms with Gasteiger partial charge in [0.2, 0.25) is 5.91 Å². The van der Waals surface area contributed by atoms with Gasteiger partial charge < -0.3 is 10.6 Å². The van der Waals surface area contributed by atoms with Crippen LogP contribution in [0.1, 0.15) is 12.0 Å². The highest BCUT2D eigenvalue weighted by Crippen LogP contribution is 2.33. The molecule has 0 aliphatic carbocycles. The molecule has 0 spiro atoms. The van der Waals surface area contributed by atoms with Crippen molar-refractivity contribution in [3.63, 3.8) is 0 Å². The van der Waals surface area contributed by atoms with E-state index in [1.807, 2.05) is 29.4 Å². The quantitative estimate of drug-likeness (QED) is 0.815. The molecule has 4 heteroatoms. The number of thioether (sulfide) groups is 1. The molecular weight excluding hydrogens is 220 g/mol. The Balaban J connectivity index is 2.19. The summed E-state index contributed by atoms with van der Waals surface area (Å²) in [6.07, 6.45) is 3.53. The minimum Gasteiger partial charge on any atom is -0.397 e. The Kier molecular flexibility index (Phi) is 3.39. The van der Waals surface area contributed by atoms with Gasteiger partial charge in [0, 0.05) is 18.7 Å². The van der Waals surface area contributed by atoms with Crippen LogP contribution in [0.25, 0.3) is 0 Å². The van der Waals surface area contributed by atoms with E-state index in [0.29, 0.717) is 12.1 Å². The SMILES string of the molecule is CSCCC(=O)N1CCc2cccc(N)c21. The summed E-state index contributed by atoms with van der Waals surface area (Å²) in [5.74, 6) is 1.06. The van der Waals surface area contributed by atoms with Crippen LogP contribution in [-0.4, -0.2) is 24.5 Å². The van der Waals surface area contributed by atoms with Crippen molar-refractivity contribution in [2.24, 2.45) is 0 Å². The molecule has 0 radical (unpaired) electrons. The fourth-order valence-electron chi connectivity index (χ4n) is 2.06. The average Bonchev–Trinajstić information content (AvgIpc) is 2.71. The van der Waals surface area contributed by atoms with Crippen molar-refractivity contribution in [1.82, 2.24) is 0 Å². The largest absolute Gasteiger partial charge is 0.397 e. The van der Waals surface area contributed by atoms with E-state index in [0.717, 1.165) is 24.4 Å². The van der Waals surface area contributed by atoms with Crippen LogP contribution in [0.5, 0.6) is 0 Å². The second-order valence-corrected chi connectivity index (χ2v) is 4.88. The molecule has 2 rings (SSSR count). The monoisotopic (exact) mass is 236 g/mol. The van der Waals surface area contributed by atoms with Crippen LogP contribution in [0.2, 0.25) is 0 Å². The van der Waals surface area contributed by atoms with E-state index in [4.69, 9.17) is 5.73 Å². The Labute approximate surface area is 100.0 Å². The molecule has 2 N–H and O–H groups in total. The van der Waals surface area contributed by atoms with Gasteiger partial charge >= 0.3 is 0 Å². The molecule has 1 amide bonds. The molecule has 1 heterocycles. The zero-order chi connectivity index (χ0) is 11.5. The van der Waals surface area contributed by atoms with Crippen molar-refractivity contribution < 1.29 is 4.79 Å². The van der Waals surface area contributed by atoms with Gasteiger partial charge in [-0.1, -0.05) is 12.1 Å². The van der Waals surface area contributed by atoms with Crippen LogP contribution >= 0.6 is 11.8 Å². The van der Waals surface area contributed by atoms with Gasteiger partial charge in [-0.05, 0) is 24.3 Å². The number of nitrogen functional groups attached to an aromatic ring is 1. The number of nitrogens with two attached hydrogens (primary N) is 1. The second kappa shape index (κ2) is 4.78. The number of anilines is 2. The maximum absolute atomic E-state index is 12.0. The summed E-state index contributed by atoms with van der Waals surface area (Å²) in [4.78, 5) is 13.8. The molecular formula is C12H16N2OS. The Morgan fingerprint density at radius 1 is 1.56 bits per heavy atom. The summed E-state index contributed by atoms with van der Waals surface area (Å²) in [5, 5.41) is 0. The van der Waals surface area contributed by atoms with Crippen molar-refractivity contribution in [2.45, 2.75) is 12.8 Å². The van der Waals surface area contributed by atoms with Gasteiger partial charge in [0.1, 0.15) is 0 Å². The smallest absolute Gasteiger partial charge is 0.227 e.